The van der Waals surface area contributed by atoms with Crippen molar-refractivity contribution in [3.8, 4) is 0 Å². The van der Waals surface area contributed by atoms with Crippen LogP contribution in [0.3, 0.4) is 0 Å². The van der Waals surface area contributed by atoms with Crippen molar-refractivity contribution in [1.29, 1.82) is 0 Å². The predicted octanol–water partition coefficient (Wildman–Crippen LogP) is 4.51. The van der Waals surface area contributed by atoms with Crippen LogP contribution in [-0.2, 0) is 0 Å². The van der Waals surface area contributed by atoms with Gasteiger partial charge in [-0.05, 0) is 29.5 Å². The first kappa shape index (κ1) is 11.5. The van der Waals surface area contributed by atoms with Crippen LogP contribution in [-0.4, -0.2) is 5.51 Å². The summed E-state index contributed by atoms with van der Waals surface area (Å²) >= 11 is 5.39. The molecule has 0 bridgehead atoms. The van der Waals surface area contributed by atoms with Crippen LogP contribution < -0.4 is 0 Å². The lowest BCUT2D eigenvalue weighted by molar-refractivity contribution is -0.0328. The second-order valence-electron chi connectivity index (χ2n) is 2.48. The molecule has 0 unspecified atom stereocenters. The minimum absolute atomic E-state index is 0.108. The summed E-state index contributed by atoms with van der Waals surface area (Å²) in [6.45, 7) is 3.44. The van der Waals surface area contributed by atoms with Gasteiger partial charge in [0.25, 0.3) is 0 Å². The Balaban J connectivity index is 2.89. The second kappa shape index (κ2) is 4.28. The Morgan fingerprint density at radius 1 is 1.36 bits per heavy atom. The van der Waals surface area contributed by atoms with E-state index in [4.69, 9.17) is 11.6 Å². The summed E-state index contributed by atoms with van der Waals surface area (Å²) in [5.74, 6) is 0. The van der Waals surface area contributed by atoms with Gasteiger partial charge in [-0.2, -0.15) is 13.2 Å². The van der Waals surface area contributed by atoms with E-state index in [9.17, 15) is 13.2 Å². The number of halogens is 4. The largest absolute Gasteiger partial charge is 0.446 e. The van der Waals surface area contributed by atoms with Gasteiger partial charge in [-0.25, -0.2) is 0 Å². The Morgan fingerprint density at radius 3 is 2.50 bits per heavy atom. The fourth-order valence-electron chi connectivity index (χ4n) is 0.862. The topological polar surface area (TPSA) is 0 Å². The maximum atomic E-state index is 12.0. The summed E-state index contributed by atoms with van der Waals surface area (Å²) in [5, 5.41) is 0.231. The monoisotopic (exact) mass is 238 g/mol. The fourth-order valence-corrected chi connectivity index (χ4v) is 1.58. The molecule has 0 aliphatic heterocycles. The van der Waals surface area contributed by atoms with Gasteiger partial charge in [-0.1, -0.05) is 30.3 Å². The minimum atomic E-state index is -4.27. The van der Waals surface area contributed by atoms with Crippen molar-refractivity contribution in [2.24, 2.45) is 0 Å². The highest BCUT2D eigenvalue weighted by molar-refractivity contribution is 8.00. The average molecular weight is 239 g/mol. The molecule has 0 radical (unpaired) electrons. The summed E-state index contributed by atoms with van der Waals surface area (Å²) in [5.41, 5.74) is -3.77. The van der Waals surface area contributed by atoms with Crippen molar-refractivity contribution in [2.75, 3.05) is 0 Å². The zero-order valence-electron chi connectivity index (χ0n) is 6.94. The Labute approximate surface area is 88.8 Å². The van der Waals surface area contributed by atoms with E-state index in [2.05, 4.69) is 6.58 Å². The van der Waals surface area contributed by atoms with E-state index in [1.54, 1.807) is 6.07 Å². The summed E-state index contributed by atoms with van der Waals surface area (Å²) < 4.78 is 35.9. The first-order chi connectivity index (χ1) is 6.38. The molecule has 0 nitrogen and oxygen atoms in total. The van der Waals surface area contributed by atoms with Crippen molar-refractivity contribution >= 4 is 28.4 Å². The maximum absolute atomic E-state index is 12.0. The Hall–Kier alpha value is -0.610. The lowest BCUT2D eigenvalue weighted by atomic mass is 10.2. The first-order valence-corrected chi connectivity index (χ1v) is 4.78. The standard InChI is InChI=1S/C9H6ClF3S/c1-6(10)7-3-2-4-8(5-7)14-9(11,12)13/h2-5H,1H2. The van der Waals surface area contributed by atoms with Crippen molar-refractivity contribution in [3.05, 3.63) is 36.4 Å². The molecular weight excluding hydrogens is 233 g/mol. The molecule has 0 amide bonds. The lowest BCUT2D eigenvalue weighted by Crippen LogP contribution is -1.98. The van der Waals surface area contributed by atoms with Gasteiger partial charge >= 0.3 is 5.51 Å². The third kappa shape index (κ3) is 3.64. The highest BCUT2D eigenvalue weighted by Crippen LogP contribution is 2.37. The molecule has 14 heavy (non-hydrogen) atoms. The summed E-state index contributed by atoms with van der Waals surface area (Å²) in [4.78, 5) is 0.108. The Bertz CT molecular complexity index is 346. The molecule has 0 aliphatic carbocycles. The van der Waals surface area contributed by atoms with Crippen LogP contribution in [0.25, 0.3) is 5.03 Å². The van der Waals surface area contributed by atoms with Crippen molar-refractivity contribution in [2.45, 2.75) is 10.4 Å². The van der Waals surface area contributed by atoms with Crippen LogP contribution in [0.1, 0.15) is 5.56 Å². The van der Waals surface area contributed by atoms with E-state index < -0.39 is 5.51 Å². The lowest BCUT2D eigenvalue weighted by Gasteiger charge is -2.06. The van der Waals surface area contributed by atoms with Gasteiger partial charge < -0.3 is 0 Å². The summed E-state index contributed by atoms with van der Waals surface area (Å²) in [7, 11) is 0. The van der Waals surface area contributed by atoms with Gasteiger partial charge in [0.15, 0.2) is 0 Å². The van der Waals surface area contributed by atoms with Crippen LogP contribution in [0, 0.1) is 0 Å². The predicted molar refractivity (Wildman–Crippen MR) is 53.2 cm³/mol. The smallest absolute Gasteiger partial charge is 0.160 e. The summed E-state index contributed by atoms with van der Waals surface area (Å²) in [6.07, 6.45) is 0. The number of alkyl halides is 3. The minimum Gasteiger partial charge on any atom is -0.160 e. The van der Waals surface area contributed by atoms with Crippen molar-refractivity contribution in [1.82, 2.24) is 0 Å². The molecule has 0 heterocycles. The fraction of sp³-hybridized carbons (Fsp3) is 0.111. The van der Waals surface area contributed by atoms with Gasteiger partial charge in [0.1, 0.15) is 0 Å². The number of hydrogen-bond donors (Lipinski definition) is 0. The molecule has 76 valence electrons. The molecule has 0 fully saturated rings. The maximum Gasteiger partial charge on any atom is 0.446 e. The quantitative estimate of drug-likeness (QED) is 0.683. The molecule has 0 atom stereocenters. The molecule has 1 aromatic rings. The number of thioether (sulfide) groups is 1. The molecule has 0 N–H and O–H groups in total. The normalized spacial score (nSPS) is 11.4. The van der Waals surface area contributed by atoms with E-state index in [0.717, 1.165) is 0 Å². The van der Waals surface area contributed by atoms with Crippen molar-refractivity contribution < 1.29 is 13.2 Å². The number of rotatable bonds is 2. The van der Waals surface area contributed by atoms with E-state index in [-0.39, 0.29) is 21.7 Å². The Morgan fingerprint density at radius 2 is 2.00 bits per heavy atom. The zero-order chi connectivity index (χ0) is 10.8. The van der Waals surface area contributed by atoms with Crippen LogP contribution >= 0.6 is 23.4 Å². The number of hydrogen-bond acceptors (Lipinski definition) is 1. The highest BCUT2D eigenvalue weighted by Gasteiger charge is 2.29. The molecule has 0 saturated carbocycles. The van der Waals surface area contributed by atoms with Gasteiger partial charge in [0, 0.05) is 9.93 Å². The molecule has 0 aliphatic rings. The van der Waals surface area contributed by atoms with E-state index in [1.165, 1.54) is 18.2 Å². The number of benzene rings is 1. The molecule has 1 aromatic carbocycles. The van der Waals surface area contributed by atoms with E-state index >= 15 is 0 Å². The van der Waals surface area contributed by atoms with E-state index in [1.807, 2.05) is 0 Å². The van der Waals surface area contributed by atoms with Crippen LogP contribution in [0.15, 0.2) is 35.7 Å². The Kier molecular flexibility index (Phi) is 3.50. The zero-order valence-corrected chi connectivity index (χ0v) is 8.51. The molecule has 0 saturated heterocycles. The second-order valence-corrected chi connectivity index (χ2v) is 4.08. The highest BCUT2D eigenvalue weighted by atomic mass is 35.5. The first-order valence-electron chi connectivity index (χ1n) is 3.59. The molecule has 5 heteroatoms. The molecule has 1 rings (SSSR count). The van der Waals surface area contributed by atoms with Crippen LogP contribution in [0.2, 0.25) is 0 Å². The molecular formula is C9H6ClF3S. The van der Waals surface area contributed by atoms with Gasteiger partial charge in [0.05, 0.1) is 0 Å². The van der Waals surface area contributed by atoms with E-state index in [0.29, 0.717) is 5.56 Å². The third-order valence-electron chi connectivity index (χ3n) is 1.38. The molecule has 0 spiro atoms. The molecule has 0 aromatic heterocycles. The SMILES string of the molecule is C=C(Cl)c1cccc(SC(F)(F)F)c1. The van der Waals surface area contributed by atoms with Crippen molar-refractivity contribution in [3.63, 3.8) is 0 Å². The van der Waals surface area contributed by atoms with Crippen LogP contribution in [0.4, 0.5) is 13.2 Å². The van der Waals surface area contributed by atoms with Gasteiger partial charge in [-0.15, -0.1) is 0 Å². The van der Waals surface area contributed by atoms with Gasteiger partial charge in [-0.3, -0.25) is 0 Å². The third-order valence-corrected chi connectivity index (χ3v) is 2.32. The summed E-state index contributed by atoms with van der Waals surface area (Å²) in [6, 6.07) is 5.85. The average Bonchev–Trinajstić information content (AvgIpc) is 2.01. The van der Waals surface area contributed by atoms with Crippen LogP contribution in [0.5, 0.6) is 0 Å². The van der Waals surface area contributed by atoms with Gasteiger partial charge in [0.2, 0.25) is 0 Å².